The largest absolute Gasteiger partial charge is 0.426 e. The molecule has 0 unspecified atom stereocenters. The number of aromatic amines is 1. The van der Waals surface area contributed by atoms with Crippen LogP contribution >= 0.6 is 0 Å². The zero-order valence-electron chi connectivity index (χ0n) is 13.6. The third-order valence-electron chi connectivity index (χ3n) is 3.87. The van der Waals surface area contributed by atoms with Gasteiger partial charge in [-0.05, 0) is 37.6 Å². The number of likely N-dealkylation sites (N-methyl/N-ethyl adjacent to an activating group) is 1. The number of ether oxygens (including phenoxy) is 1. The van der Waals surface area contributed by atoms with E-state index in [0.717, 1.165) is 42.7 Å². The number of aromatic nitrogens is 1. The van der Waals surface area contributed by atoms with E-state index in [2.05, 4.69) is 30.3 Å². The number of nitrogens with one attached hydrogen (secondary N) is 1. The summed E-state index contributed by atoms with van der Waals surface area (Å²) in [5.74, 6) is 0.343. The van der Waals surface area contributed by atoms with Crippen molar-refractivity contribution >= 4 is 16.9 Å². The third kappa shape index (κ3) is 3.57. The molecule has 118 valence electrons. The van der Waals surface area contributed by atoms with Crippen LogP contribution < -0.4 is 4.74 Å². The lowest BCUT2D eigenvalue weighted by Crippen LogP contribution is -2.26. The number of hydrogen-bond acceptors (Lipinski definition) is 3. The summed E-state index contributed by atoms with van der Waals surface area (Å²) in [6.45, 7) is 12.3. The number of fused-ring (bicyclic) bond motifs is 1. The van der Waals surface area contributed by atoms with Gasteiger partial charge >= 0.3 is 5.97 Å². The van der Waals surface area contributed by atoms with Gasteiger partial charge in [0, 0.05) is 36.6 Å². The summed E-state index contributed by atoms with van der Waals surface area (Å²) < 4.78 is 5.37. The van der Waals surface area contributed by atoms with Crippen LogP contribution in [0.15, 0.2) is 30.9 Å². The highest BCUT2D eigenvalue weighted by molar-refractivity contribution is 5.92. The van der Waals surface area contributed by atoms with Crippen LogP contribution in [0, 0.1) is 6.92 Å². The molecular weight excluding hydrogens is 276 g/mol. The first-order chi connectivity index (χ1) is 10.6. The Balaban J connectivity index is 2.33. The molecule has 0 bridgehead atoms. The van der Waals surface area contributed by atoms with E-state index in [1.54, 1.807) is 0 Å². The van der Waals surface area contributed by atoms with Crippen molar-refractivity contribution in [2.45, 2.75) is 27.2 Å². The standard InChI is InChI=1S/C18H24N2O2/c1-5-11-20(6-2)12-10-15-13(3)19-16-8-7-9-17(18(15)16)22-14(4)21/h5,7-9,19H,1,6,10-12H2,2-4H3. The van der Waals surface area contributed by atoms with Crippen molar-refractivity contribution in [2.24, 2.45) is 0 Å². The smallest absolute Gasteiger partial charge is 0.308 e. The quantitative estimate of drug-likeness (QED) is 0.484. The lowest BCUT2D eigenvalue weighted by atomic mass is 10.1. The average molecular weight is 300 g/mol. The molecule has 1 N–H and O–H groups in total. The molecule has 4 heteroatoms. The number of esters is 1. The number of hydrogen-bond donors (Lipinski definition) is 1. The maximum Gasteiger partial charge on any atom is 0.308 e. The number of benzene rings is 1. The zero-order chi connectivity index (χ0) is 16.1. The minimum Gasteiger partial charge on any atom is -0.426 e. The zero-order valence-corrected chi connectivity index (χ0v) is 13.6. The van der Waals surface area contributed by atoms with Gasteiger partial charge in [-0.15, -0.1) is 6.58 Å². The molecule has 0 amide bonds. The number of carbonyl (C=O) groups excluding carboxylic acids is 1. The first kappa shape index (κ1) is 16.3. The third-order valence-corrected chi connectivity index (χ3v) is 3.87. The van der Waals surface area contributed by atoms with Gasteiger partial charge in [0.05, 0.1) is 0 Å². The Kier molecular flexibility index (Phi) is 5.39. The van der Waals surface area contributed by atoms with Crippen LogP contribution in [-0.4, -0.2) is 35.5 Å². The van der Waals surface area contributed by atoms with Crippen LogP contribution in [-0.2, 0) is 11.2 Å². The van der Waals surface area contributed by atoms with E-state index in [9.17, 15) is 4.79 Å². The van der Waals surface area contributed by atoms with E-state index in [-0.39, 0.29) is 5.97 Å². The highest BCUT2D eigenvalue weighted by atomic mass is 16.5. The van der Waals surface area contributed by atoms with E-state index in [1.807, 2.05) is 24.3 Å². The Labute approximate surface area is 131 Å². The molecule has 22 heavy (non-hydrogen) atoms. The van der Waals surface area contributed by atoms with Gasteiger partial charge in [-0.3, -0.25) is 9.69 Å². The number of H-pyrrole nitrogens is 1. The predicted octanol–water partition coefficient (Wildman–Crippen LogP) is 3.45. The minimum atomic E-state index is -0.292. The normalized spacial score (nSPS) is 11.1. The molecule has 0 aliphatic rings. The molecule has 1 heterocycles. The highest BCUT2D eigenvalue weighted by Crippen LogP contribution is 2.31. The number of aryl methyl sites for hydroxylation is 1. The van der Waals surface area contributed by atoms with Crippen LogP contribution in [0.4, 0.5) is 0 Å². The minimum absolute atomic E-state index is 0.292. The van der Waals surface area contributed by atoms with Gasteiger partial charge in [-0.1, -0.05) is 19.1 Å². The molecule has 0 fully saturated rings. The molecule has 0 spiro atoms. The topological polar surface area (TPSA) is 45.3 Å². The number of nitrogens with zero attached hydrogens (tertiary/aromatic N) is 1. The van der Waals surface area contributed by atoms with E-state index < -0.39 is 0 Å². The summed E-state index contributed by atoms with van der Waals surface area (Å²) in [6.07, 6.45) is 2.83. The lowest BCUT2D eigenvalue weighted by molar-refractivity contribution is -0.131. The fraction of sp³-hybridized carbons (Fsp3) is 0.389. The summed E-state index contributed by atoms with van der Waals surface area (Å²) in [7, 11) is 0. The second-order valence-electron chi connectivity index (χ2n) is 5.43. The Bertz CT molecular complexity index is 673. The van der Waals surface area contributed by atoms with Gasteiger partial charge < -0.3 is 9.72 Å². The predicted molar refractivity (Wildman–Crippen MR) is 90.4 cm³/mol. The molecule has 4 nitrogen and oxygen atoms in total. The molecule has 0 saturated carbocycles. The molecule has 0 atom stereocenters. The molecule has 2 rings (SSSR count). The first-order valence-corrected chi connectivity index (χ1v) is 7.68. The Morgan fingerprint density at radius 1 is 1.45 bits per heavy atom. The van der Waals surface area contributed by atoms with Crippen LogP contribution in [0.25, 0.3) is 10.9 Å². The van der Waals surface area contributed by atoms with Crippen molar-refractivity contribution in [2.75, 3.05) is 19.6 Å². The van der Waals surface area contributed by atoms with Crippen molar-refractivity contribution in [3.05, 3.63) is 42.1 Å². The van der Waals surface area contributed by atoms with Crippen molar-refractivity contribution in [3.63, 3.8) is 0 Å². The highest BCUT2D eigenvalue weighted by Gasteiger charge is 2.15. The van der Waals surface area contributed by atoms with Gasteiger partial charge in [0.25, 0.3) is 0 Å². The summed E-state index contributed by atoms with van der Waals surface area (Å²) in [4.78, 5) is 17.0. The van der Waals surface area contributed by atoms with Gasteiger partial charge in [-0.25, -0.2) is 0 Å². The Morgan fingerprint density at radius 3 is 2.86 bits per heavy atom. The monoisotopic (exact) mass is 300 g/mol. The molecular formula is C18H24N2O2. The van der Waals surface area contributed by atoms with Crippen LogP contribution in [0.5, 0.6) is 5.75 Å². The maximum atomic E-state index is 11.3. The van der Waals surface area contributed by atoms with Crippen LogP contribution in [0.3, 0.4) is 0 Å². The van der Waals surface area contributed by atoms with E-state index in [4.69, 9.17) is 4.74 Å². The van der Waals surface area contributed by atoms with Gasteiger partial charge in [-0.2, -0.15) is 0 Å². The van der Waals surface area contributed by atoms with Gasteiger partial charge in [0.1, 0.15) is 5.75 Å². The van der Waals surface area contributed by atoms with Crippen molar-refractivity contribution in [1.29, 1.82) is 0 Å². The fourth-order valence-electron chi connectivity index (χ4n) is 2.79. The fourth-order valence-corrected chi connectivity index (χ4v) is 2.79. The molecule has 2 aromatic rings. The number of carbonyl (C=O) groups is 1. The molecule has 0 saturated heterocycles. The molecule has 0 aliphatic heterocycles. The molecule has 0 radical (unpaired) electrons. The SMILES string of the molecule is C=CCN(CC)CCc1c(C)[nH]c2cccc(OC(C)=O)c12. The second kappa shape index (κ2) is 7.27. The second-order valence-corrected chi connectivity index (χ2v) is 5.43. The Morgan fingerprint density at radius 2 is 2.23 bits per heavy atom. The maximum absolute atomic E-state index is 11.3. The summed E-state index contributed by atoms with van der Waals surface area (Å²) in [5, 5.41) is 1.02. The van der Waals surface area contributed by atoms with Crippen molar-refractivity contribution in [3.8, 4) is 5.75 Å². The first-order valence-electron chi connectivity index (χ1n) is 7.68. The molecule has 1 aromatic heterocycles. The van der Waals surface area contributed by atoms with Crippen molar-refractivity contribution in [1.82, 2.24) is 9.88 Å². The van der Waals surface area contributed by atoms with Crippen LogP contribution in [0.2, 0.25) is 0 Å². The number of rotatable bonds is 7. The van der Waals surface area contributed by atoms with Crippen molar-refractivity contribution < 1.29 is 9.53 Å². The summed E-state index contributed by atoms with van der Waals surface area (Å²) in [6, 6.07) is 5.76. The summed E-state index contributed by atoms with van der Waals surface area (Å²) >= 11 is 0. The van der Waals surface area contributed by atoms with E-state index >= 15 is 0 Å². The molecule has 1 aromatic carbocycles. The lowest BCUT2D eigenvalue weighted by Gasteiger charge is -2.18. The van der Waals surface area contributed by atoms with E-state index in [0.29, 0.717) is 5.75 Å². The van der Waals surface area contributed by atoms with Crippen LogP contribution in [0.1, 0.15) is 25.1 Å². The average Bonchev–Trinajstić information content (AvgIpc) is 2.79. The Hall–Kier alpha value is -2.07. The van der Waals surface area contributed by atoms with E-state index in [1.165, 1.54) is 12.5 Å². The molecule has 0 aliphatic carbocycles. The van der Waals surface area contributed by atoms with Gasteiger partial charge in [0.2, 0.25) is 0 Å². The van der Waals surface area contributed by atoms with Gasteiger partial charge in [0.15, 0.2) is 0 Å². The summed E-state index contributed by atoms with van der Waals surface area (Å²) in [5.41, 5.74) is 3.36.